The smallest absolute Gasteiger partial charge is 0.288 e. The van der Waals surface area contributed by atoms with Crippen molar-refractivity contribution < 1.29 is 14.3 Å². The largest absolute Gasteiger partial charge is 0.594 e. The summed E-state index contributed by atoms with van der Waals surface area (Å²) in [5.74, 6) is 0.829. The topological polar surface area (TPSA) is 97.2 Å². The molecule has 0 amide bonds. The van der Waals surface area contributed by atoms with Gasteiger partial charge in [-0.15, -0.1) is 0 Å². The lowest BCUT2D eigenvalue weighted by Crippen LogP contribution is -2.33. The SMILES string of the molecule is COc1cc2nc(N)n[n+]([O-])c2cc1OC. The first-order valence-electron chi connectivity index (χ1n) is 4.45. The van der Waals surface area contributed by atoms with Crippen LogP contribution in [0.3, 0.4) is 0 Å². The van der Waals surface area contributed by atoms with Crippen molar-refractivity contribution in [2.24, 2.45) is 0 Å². The number of rotatable bonds is 2. The van der Waals surface area contributed by atoms with Crippen LogP contribution in [0.15, 0.2) is 12.1 Å². The van der Waals surface area contributed by atoms with E-state index in [2.05, 4.69) is 10.1 Å². The monoisotopic (exact) mass is 222 g/mol. The fourth-order valence-corrected chi connectivity index (χ4v) is 1.39. The Balaban J connectivity index is 2.78. The lowest BCUT2D eigenvalue weighted by molar-refractivity contribution is -0.641. The Labute approximate surface area is 91.0 Å². The summed E-state index contributed by atoms with van der Waals surface area (Å²) in [6, 6.07) is 3.07. The summed E-state index contributed by atoms with van der Waals surface area (Å²) in [5.41, 5.74) is 6.04. The molecule has 0 unspecified atom stereocenters. The average molecular weight is 222 g/mol. The molecule has 16 heavy (non-hydrogen) atoms. The van der Waals surface area contributed by atoms with Gasteiger partial charge in [-0.1, -0.05) is 0 Å². The number of ether oxygens (including phenoxy) is 2. The van der Waals surface area contributed by atoms with Crippen LogP contribution in [0.2, 0.25) is 0 Å². The average Bonchev–Trinajstić information content (AvgIpc) is 2.27. The molecule has 0 aliphatic heterocycles. The molecule has 7 nitrogen and oxygen atoms in total. The van der Waals surface area contributed by atoms with Crippen LogP contribution in [-0.2, 0) is 0 Å². The molecule has 2 rings (SSSR count). The van der Waals surface area contributed by atoms with E-state index < -0.39 is 0 Å². The van der Waals surface area contributed by atoms with Gasteiger partial charge in [-0.05, 0) is 4.85 Å². The number of hydrogen-bond acceptors (Lipinski definition) is 6. The number of fused-ring (bicyclic) bond motifs is 1. The highest BCUT2D eigenvalue weighted by molar-refractivity contribution is 5.76. The van der Waals surface area contributed by atoms with Crippen molar-refractivity contribution >= 4 is 17.0 Å². The predicted octanol–water partition coefficient (Wildman–Crippen LogP) is -0.137. The van der Waals surface area contributed by atoms with Gasteiger partial charge in [0.15, 0.2) is 11.5 Å². The summed E-state index contributed by atoms with van der Waals surface area (Å²) in [6.45, 7) is 0. The van der Waals surface area contributed by atoms with Crippen LogP contribution in [0, 0.1) is 5.21 Å². The Kier molecular flexibility index (Phi) is 2.35. The molecule has 0 aliphatic rings. The van der Waals surface area contributed by atoms with Gasteiger partial charge in [-0.3, -0.25) is 0 Å². The lowest BCUT2D eigenvalue weighted by Gasteiger charge is -2.07. The number of aromatic nitrogens is 3. The van der Waals surface area contributed by atoms with Gasteiger partial charge in [0, 0.05) is 6.07 Å². The molecular formula is C9H10N4O3. The Morgan fingerprint density at radius 3 is 2.50 bits per heavy atom. The minimum absolute atomic E-state index is 0.0882. The number of nitrogens with zero attached hydrogens (tertiary/aromatic N) is 3. The Morgan fingerprint density at radius 1 is 1.25 bits per heavy atom. The molecule has 1 aromatic heterocycles. The van der Waals surface area contributed by atoms with Gasteiger partial charge < -0.3 is 20.4 Å². The van der Waals surface area contributed by atoms with Gasteiger partial charge >= 0.3 is 0 Å². The van der Waals surface area contributed by atoms with Gasteiger partial charge in [-0.25, -0.2) is 4.98 Å². The highest BCUT2D eigenvalue weighted by atomic mass is 16.5. The van der Waals surface area contributed by atoms with Crippen LogP contribution >= 0.6 is 0 Å². The second-order valence-electron chi connectivity index (χ2n) is 3.04. The zero-order valence-electron chi connectivity index (χ0n) is 8.80. The van der Waals surface area contributed by atoms with Crippen molar-refractivity contribution in [3.05, 3.63) is 17.3 Å². The van der Waals surface area contributed by atoms with Gasteiger partial charge in [0.1, 0.15) is 5.52 Å². The molecule has 0 spiro atoms. The molecule has 1 heterocycles. The van der Waals surface area contributed by atoms with Crippen LogP contribution in [-0.4, -0.2) is 24.3 Å². The molecule has 7 heteroatoms. The van der Waals surface area contributed by atoms with Gasteiger partial charge in [0.05, 0.1) is 25.4 Å². The van der Waals surface area contributed by atoms with Crippen molar-refractivity contribution in [2.75, 3.05) is 20.0 Å². The van der Waals surface area contributed by atoms with E-state index in [-0.39, 0.29) is 11.5 Å². The first-order chi connectivity index (χ1) is 7.65. The second-order valence-corrected chi connectivity index (χ2v) is 3.04. The van der Waals surface area contributed by atoms with Crippen molar-refractivity contribution in [1.29, 1.82) is 0 Å². The molecular weight excluding hydrogens is 212 g/mol. The number of anilines is 1. The van der Waals surface area contributed by atoms with E-state index in [4.69, 9.17) is 15.2 Å². The molecule has 0 fully saturated rings. The zero-order valence-corrected chi connectivity index (χ0v) is 8.80. The van der Waals surface area contributed by atoms with E-state index in [1.54, 1.807) is 6.07 Å². The van der Waals surface area contributed by atoms with Crippen LogP contribution in [0.5, 0.6) is 11.5 Å². The summed E-state index contributed by atoms with van der Waals surface area (Å²) in [7, 11) is 2.98. The van der Waals surface area contributed by atoms with Gasteiger partial charge in [0.25, 0.3) is 11.5 Å². The number of nitrogens with two attached hydrogens (primary N) is 1. The molecule has 0 aliphatic carbocycles. The molecule has 0 saturated carbocycles. The normalized spacial score (nSPS) is 10.4. The van der Waals surface area contributed by atoms with Crippen LogP contribution in [0.25, 0.3) is 11.0 Å². The van der Waals surface area contributed by atoms with E-state index in [0.717, 1.165) is 0 Å². The number of methoxy groups -OCH3 is 2. The number of hydrogen-bond donors (Lipinski definition) is 1. The van der Waals surface area contributed by atoms with E-state index in [9.17, 15) is 5.21 Å². The van der Waals surface area contributed by atoms with Crippen molar-refractivity contribution in [1.82, 2.24) is 10.1 Å². The number of nitrogen functional groups attached to an aromatic ring is 1. The summed E-state index contributed by atoms with van der Waals surface area (Å²) in [4.78, 5) is 4.33. The van der Waals surface area contributed by atoms with E-state index in [0.29, 0.717) is 21.9 Å². The molecule has 0 bridgehead atoms. The maximum Gasteiger partial charge on any atom is 0.288 e. The molecule has 0 saturated heterocycles. The van der Waals surface area contributed by atoms with Gasteiger partial charge in [0.2, 0.25) is 0 Å². The molecule has 1 aromatic carbocycles. The maximum atomic E-state index is 11.5. The van der Waals surface area contributed by atoms with Crippen molar-refractivity contribution in [2.45, 2.75) is 0 Å². The van der Waals surface area contributed by atoms with Crippen LogP contribution in [0.1, 0.15) is 0 Å². The molecule has 0 radical (unpaired) electrons. The Hall–Kier alpha value is -2.31. The molecule has 2 N–H and O–H groups in total. The van der Waals surface area contributed by atoms with Crippen molar-refractivity contribution in [3.63, 3.8) is 0 Å². The second kappa shape index (κ2) is 3.69. The minimum Gasteiger partial charge on any atom is -0.594 e. The van der Waals surface area contributed by atoms with Gasteiger partial charge in [-0.2, -0.15) is 0 Å². The summed E-state index contributed by atoms with van der Waals surface area (Å²) >= 11 is 0. The summed E-state index contributed by atoms with van der Waals surface area (Å²) in [5, 5.41) is 14.9. The molecule has 84 valence electrons. The quantitative estimate of drug-likeness (QED) is 0.561. The summed E-state index contributed by atoms with van der Waals surface area (Å²) < 4.78 is 10.2. The fourth-order valence-electron chi connectivity index (χ4n) is 1.39. The molecule has 2 aromatic rings. The summed E-state index contributed by atoms with van der Waals surface area (Å²) in [6.07, 6.45) is 0. The highest BCUT2D eigenvalue weighted by Crippen LogP contribution is 2.29. The zero-order chi connectivity index (χ0) is 11.7. The lowest BCUT2D eigenvalue weighted by atomic mass is 10.2. The van der Waals surface area contributed by atoms with Crippen molar-refractivity contribution in [3.8, 4) is 11.5 Å². The third kappa shape index (κ3) is 1.52. The van der Waals surface area contributed by atoms with E-state index in [1.165, 1.54) is 20.3 Å². The third-order valence-corrected chi connectivity index (χ3v) is 2.12. The molecule has 0 atom stereocenters. The van der Waals surface area contributed by atoms with Crippen LogP contribution < -0.4 is 20.1 Å². The fraction of sp³-hybridized carbons (Fsp3) is 0.222. The van der Waals surface area contributed by atoms with E-state index >= 15 is 0 Å². The van der Waals surface area contributed by atoms with Crippen LogP contribution in [0.4, 0.5) is 5.95 Å². The standard InChI is InChI=1S/C9H10N4O3/c1-15-7-3-5-6(4-8(7)16-2)13(14)12-9(10)11-5/h3-4H,1-2H3,(H2,10,11,12). The highest BCUT2D eigenvalue weighted by Gasteiger charge is 2.14. The minimum atomic E-state index is -0.0882. The first kappa shape index (κ1) is 10.2. The Morgan fingerprint density at radius 2 is 1.88 bits per heavy atom. The van der Waals surface area contributed by atoms with E-state index in [1.807, 2.05) is 0 Å². The first-order valence-corrected chi connectivity index (χ1v) is 4.45. The third-order valence-electron chi connectivity index (χ3n) is 2.12. The predicted molar refractivity (Wildman–Crippen MR) is 56.0 cm³/mol. The maximum absolute atomic E-state index is 11.5. The Bertz CT molecular complexity index is 544. The number of benzene rings is 1.